The average Bonchev–Trinajstić information content (AvgIpc) is 3.09. The number of benzene rings is 1. The Balaban J connectivity index is 1.86. The van der Waals surface area contributed by atoms with Crippen molar-refractivity contribution in [2.24, 2.45) is 0 Å². The molecule has 22 heavy (non-hydrogen) atoms. The monoisotopic (exact) mass is 346 g/mol. The summed E-state index contributed by atoms with van der Waals surface area (Å²) in [6.07, 6.45) is -4.42. The maximum atomic E-state index is 12.7. The Morgan fingerprint density at radius 3 is 2.73 bits per heavy atom. The van der Waals surface area contributed by atoms with Gasteiger partial charge in [-0.05, 0) is 17.3 Å². The third-order valence-electron chi connectivity index (χ3n) is 2.70. The second-order valence-corrected chi connectivity index (χ2v) is 5.57. The van der Waals surface area contributed by atoms with E-state index in [0.717, 1.165) is 23.7 Å². The number of halogens is 4. The Kier molecular flexibility index (Phi) is 3.79. The van der Waals surface area contributed by atoms with Crippen LogP contribution < -0.4 is 0 Å². The van der Waals surface area contributed by atoms with Crippen LogP contribution in [0, 0.1) is 0 Å². The van der Waals surface area contributed by atoms with Gasteiger partial charge in [0.1, 0.15) is 16.6 Å². The van der Waals surface area contributed by atoms with Crippen LogP contribution >= 0.6 is 23.1 Å². The topological polar surface area (TPSA) is 69.4 Å². The number of nitrogens with zero attached hydrogens (tertiary/aromatic N) is 6. The molecule has 11 heteroatoms. The first-order valence-corrected chi connectivity index (χ1v) is 7.01. The molecule has 0 N–H and O–H groups in total. The van der Waals surface area contributed by atoms with Gasteiger partial charge in [0.05, 0.1) is 5.56 Å². The maximum absolute atomic E-state index is 12.7. The number of rotatable bonds is 3. The molecule has 3 aromatic rings. The third kappa shape index (κ3) is 3.07. The lowest BCUT2D eigenvalue weighted by Gasteiger charge is -2.06. The van der Waals surface area contributed by atoms with Gasteiger partial charge in [-0.25, -0.2) is 0 Å². The van der Waals surface area contributed by atoms with Gasteiger partial charge < -0.3 is 0 Å². The maximum Gasteiger partial charge on any atom is 0.416 e. The summed E-state index contributed by atoms with van der Waals surface area (Å²) < 4.78 is 42.2. The van der Waals surface area contributed by atoms with Crippen LogP contribution in [0.5, 0.6) is 0 Å². The molecule has 2 aromatic heterocycles. The summed E-state index contributed by atoms with van der Waals surface area (Å²) in [6, 6.07) is 4.72. The molecule has 0 fully saturated rings. The molecule has 0 atom stereocenters. The Hall–Kier alpha value is -2.07. The molecule has 6 nitrogen and oxygen atoms in total. The van der Waals surface area contributed by atoms with Crippen LogP contribution in [0.4, 0.5) is 13.2 Å². The molecule has 1 aromatic carbocycles. The fraction of sp³-hybridized carbons (Fsp3) is 0.182. The fourth-order valence-corrected chi connectivity index (χ4v) is 2.30. The quantitative estimate of drug-likeness (QED) is 0.729. The zero-order valence-electron chi connectivity index (χ0n) is 10.6. The van der Waals surface area contributed by atoms with E-state index in [-0.39, 0.29) is 17.9 Å². The molecule has 0 bridgehead atoms. The third-order valence-corrected chi connectivity index (χ3v) is 3.69. The standard InChI is InChI=1S/C11H6ClF3N6S/c12-9-8(16-20-22-9)5-21-18-10(17-19-21)6-2-1-3-7(4-6)11(13,14)15/h1-4H,5H2. The van der Waals surface area contributed by atoms with Crippen LogP contribution in [0.25, 0.3) is 11.4 Å². The Bertz CT molecular complexity index is 799. The minimum atomic E-state index is -4.42. The summed E-state index contributed by atoms with van der Waals surface area (Å²) in [6.45, 7) is 0.140. The predicted molar refractivity (Wildman–Crippen MR) is 72.3 cm³/mol. The van der Waals surface area contributed by atoms with E-state index < -0.39 is 11.7 Å². The van der Waals surface area contributed by atoms with Crippen LogP contribution in [0.2, 0.25) is 4.34 Å². The molecule has 0 unspecified atom stereocenters. The number of hydrogen-bond donors (Lipinski definition) is 0. The lowest BCUT2D eigenvalue weighted by atomic mass is 10.1. The summed E-state index contributed by atoms with van der Waals surface area (Å²) in [7, 11) is 0. The second-order valence-electron chi connectivity index (χ2n) is 4.22. The van der Waals surface area contributed by atoms with Gasteiger partial charge in [-0.2, -0.15) is 18.0 Å². The number of hydrogen-bond acceptors (Lipinski definition) is 6. The molecule has 114 valence electrons. The van der Waals surface area contributed by atoms with Crippen LogP contribution in [0.1, 0.15) is 11.3 Å². The molecule has 2 heterocycles. The smallest absolute Gasteiger partial charge is 0.166 e. The second kappa shape index (κ2) is 5.61. The minimum absolute atomic E-state index is 0.0883. The van der Waals surface area contributed by atoms with E-state index in [1.807, 2.05) is 0 Å². The normalized spacial score (nSPS) is 11.8. The van der Waals surface area contributed by atoms with E-state index in [1.165, 1.54) is 16.9 Å². The van der Waals surface area contributed by atoms with E-state index in [9.17, 15) is 13.2 Å². The average molecular weight is 347 g/mol. The molecule has 0 radical (unpaired) electrons. The van der Waals surface area contributed by atoms with Gasteiger partial charge in [0.25, 0.3) is 0 Å². The van der Waals surface area contributed by atoms with Crippen LogP contribution in [-0.2, 0) is 12.7 Å². The predicted octanol–water partition coefficient (Wildman–Crippen LogP) is 2.91. The van der Waals surface area contributed by atoms with E-state index >= 15 is 0 Å². The molecule has 0 saturated heterocycles. The van der Waals surface area contributed by atoms with Crippen molar-refractivity contribution in [3.63, 3.8) is 0 Å². The van der Waals surface area contributed by atoms with Gasteiger partial charge in [0.15, 0.2) is 0 Å². The van der Waals surface area contributed by atoms with E-state index in [2.05, 4.69) is 25.0 Å². The minimum Gasteiger partial charge on any atom is -0.166 e. The molecule has 3 rings (SSSR count). The molecule has 0 aliphatic carbocycles. The summed E-state index contributed by atoms with van der Waals surface area (Å²) in [5, 5.41) is 15.3. The molecule has 0 saturated carbocycles. The number of aromatic nitrogens is 6. The Morgan fingerprint density at radius 2 is 2.05 bits per heavy atom. The number of tetrazole rings is 1. The largest absolute Gasteiger partial charge is 0.416 e. The van der Waals surface area contributed by atoms with Crippen molar-refractivity contribution in [2.45, 2.75) is 12.7 Å². The van der Waals surface area contributed by atoms with Gasteiger partial charge in [0.2, 0.25) is 5.82 Å². The highest BCUT2D eigenvalue weighted by molar-refractivity contribution is 7.10. The van der Waals surface area contributed by atoms with Crippen LogP contribution in [0.3, 0.4) is 0 Å². The first-order valence-electron chi connectivity index (χ1n) is 5.85. The highest BCUT2D eigenvalue weighted by Gasteiger charge is 2.30. The van der Waals surface area contributed by atoms with Crippen molar-refractivity contribution in [3.8, 4) is 11.4 Å². The van der Waals surface area contributed by atoms with Gasteiger partial charge in [-0.15, -0.1) is 15.3 Å². The fourth-order valence-electron chi connectivity index (χ4n) is 1.69. The van der Waals surface area contributed by atoms with E-state index in [1.54, 1.807) is 0 Å². The van der Waals surface area contributed by atoms with Gasteiger partial charge in [0, 0.05) is 17.1 Å². The zero-order chi connectivity index (χ0) is 15.7. The summed E-state index contributed by atoms with van der Waals surface area (Å²) in [5.41, 5.74) is -0.0728. The first kappa shape index (κ1) is 14.9. The lowest BCUT2D eigenvalue weighted by molar-refractivity contribution is -0.137. The summed E-state index contributed by atoms with van der Waals surface area (Å²) in [4.78, 5) is 1.19. The van der Waals surface area contributed by atoms with Gasteiger partial charge in [-0.3, -0.25) is 0 Å². The molecule has 0 aliphatic heterocycles. The van der Waals surface area contributed by atoms with Crippen molar-refractivity contribution in [3.05, 3.63) is 39.9 Å². The molecule has 0 amide bonds. The molecule has 0 spiro atoms. The SMILES string of the molecule is FC(F)(F)c1cccc(-c2nnn(Cc3nnsc3Cl)n2)c1. The highest BCUT2D eigenvalue weighted by atomic mass is 35.5. The highest BCUT2D eigenvalue weighted by Crippen LogP contribution is 2.31. The van der Waals surface area contributed by atoms with Crippen molar-refractivity contribution in [1.82, 2.24) is 29.8 Å². The summed E-state index contributed by atoms with van der Waals surface area (Å²) in [5.74, 6) is 0.0883. The van der Waals surface area contributed by atoms with Crippen molar-refractivity contribution >= 4 is 23.1 Å². The van der Waals surface area contributed by atoms with Gasteiger partial charge >= 0.3 is 6.18 Å². The Morgan fingerprint density at radius 1 is 1.23 bits per heavy atom. The summed E-state index contributed by atoms with van der Waals surface area (Å²) >= 11 is 6.89. The molecular weight excluding hydrogens is 341 g/mol. The van der Waals surface area contributed by atoms with Crippen molar-refractivity contribution < 1.29 is 13.2 Å². The van der Waals surface area contributed by atoms with Crippen LogP contribution in [0.15, 0.2) is 24.3 Å². The van der Waals surface area contributed by atoms with E-state index in [0.29, 0.717) is 10.0 Å². The van der Waals surface area contributed by atoms with E-state index in [4.69, 9.17) is 11.6 Å². The van der Waals surface area contributed by atoms with Crippen molar-refractivity contribution in [1.29, 1.82) is 0 Å². The first-order chi connectivity index (χ1) is 10.4. The Labute approximate surface area is 130 Å². The van der Waals surface area contributed by atoms with Gasteiger partial charge in [-0.1, -0.05) is 28.2 Å². The van der Waals surface area contributed by atoms with Crippen LogP contribution in [-0.4, -0.2) is 29.8 Å². The molecular formula is C11H6ClF3N6S. The zero-order valence-corrected chi connectivity index (χ0v) is 12.2. The van der Waals surface area contributed by atoms with Crippen molar-refractivity contribution in [2.75, 3.05) is 0 Å². The lowest BCUT2D eigenvalue weighted by Crippen LogP contribution is -2.05. The number of alkyl halides is 3. The molecule has 0 aliphatic rings.